The molecule has 0 aliphatic rings. The van der Waals surface area contributed by atoms with Crippen LogP contribution < -0.4 is 5.73 Å². The summed E-state index contributed by atoms with van der Waals surface area (Å²) < 4.78 is 5.20. The topological polar surface area (TPSA) is 35.2 Å². The second-order valence-corrected chi connectivity index (χ2v) is 5.79. The van der Waals surface area contributed by atoms with E-state index in [1.807, 2.05) is 0 Å². The molecule has 0 atom stereocenters. The van der Waals surface area contributed by atoms with E-state index in [0.717, 1.165) is 0 Å². The Morgan fingerprint density at radius 1 is 1.58 bits per heavy atom. The minimum Gasteiger partial charge on any atom is -0.357 e. The first-order chi connectivity index (χ1) is 5.62. The lowest BCUT2D eigenvalue weighted by Gasteiger charge is -2.19. The Labute approximate surface area is 82.4 Å². The van der Waals surface area contributed by atoms with Crippen LogP contribution in [0.4, 0.5) is 0 Å². The Morgan fingerprint density at radius 2 is 2.25 bits per heavy atom. The molecule has 0 unspecified atom stereocenters. The van der Waals surface area contributed by atoms with Gasteiger partial charge in [-0.1, -0.05) is 27.5 Å². The smallest absolute Gasteiger partial charge is 0.108 e. The lowest BCUT2D eigenvalue weighted by atomic mass is 10.2. The number of rotatable bonds is 6. The normalized spacial score (nSPS) is 11.2. The van der Waals surface area contributed by atoms with Gasteiger partial charge in [-0.3, -0.25) is 0 Å². The molecule has 0 aliphatic heterocycles. The maximum atomic E-state index is 5.54. The molecule has 0 aromatic heterocycles. The highest BCUT2D eigenvalue weighted by Gasteiger charge is 2.15. The molecule has 0 saturated carbocycles. The summed E-state index contributed by atoms with van der Waals surface area (Å²) in [5, 5.41) is 0. The minimum atomic E-state index is 0.115. The summed E-state index contributed by atoms with van der Waals surface area (Å²) in [4.78, 5) is 0. The van der Waals surface area contributed by atoms with Crippen LogP contribution in [0.5, 0.6) is 0 Å². The summed E-state index contributed by atoms with van der Waals surface area (Å²) in [6.45, 7) is 5.26. The molecule has 12 heavy (non-hydrogen) atoms. The first-order valence-corrected chi connectivity index (χ1v) is 5.96. The van der Waals surface area contributed by atoms with Gasteiger partial charge in [0.2, 0.25) is 0 Å². The molecular weight excluding hydrogens is 190 g/mol. The SMILES string of the molecule is C#CCOCSSC(C)(C)CN. The third-order valence-corrected chi connectivity index (χ3v) is 4.09. The van der Waals surface area contributed by atoms with Crippen LogP contribution in [-0.4, -0.2) is 23.8 Å². The third kappa shape index (κ3) is 6.86. The molecule has 4 heteroatoms. The number of hydrogen-bond donors (Lipinski definition) is 1. The van der Waals surface area contributed by atoms with Crippen molar-refractivity contribution in [1.82, 2.24) is 0 Å². The highest BCUT2D eigenvalue weighted by atomic mass is 33.1. The number of terminal acetylenes is 1. The van der Waals surface area contributed by atoms with E-state index in [-0.39, 0.29) is 4.75 Å². The Bertz CT molecular complexity index is 154. The standard InChI is InChI=1S/C8H15NOS2/c1-4-5-10-7-11-12-8(2,3)6-9/h1H,5-7,9H2,2-3H3. The molecule has 0 aliphatic carbocycles. The number of nitrogens with two attached hydrogens (primary N) is 1. The summed E-state index contributed by atoms with van der Waals surface area (Å²) in [6.07, 6.45) is 5.01. The van der Waals surface area contributed by atoms with E-state index in [0.29, 0.717) is 19.1 Å². The van der Waals surface area contributed by atoms with Gasteiger partial charge in [-0.2, -0.15) is 0 Å². The molecular formula is C8H15NOS2. The maximum absolute atomic E-state index is 5.54. The molecule has 70 valence electrons. The third-order valence-electron chi connectivity index (χ3n) is 1.09. The van der Waals surface area contributed by atoms with E-state index in [1.54, 1.807) is 21.6 Å². The van der Waals surface area contributed by atoms with Crippen molar-refractivity contribution in [2.24, 2.45) is 5.73 Å². The Morgan fingerprint density at radius 3 is 2.75 bits per heavy atom. The zero-order valence-electron chi connectivity index (χ0n) is 7.50. The second kappa shape index (κ2) is 6.67. The van der Waals surface area contributed by atoms with E-state index >= 15 is 0 Å². The summed E-state index contributed by atoms with van der Waals surface area (Å²) in [5.41, 5.74) is 5.54. The van der Waals surface area contributed by atoms with Crippen molar-refractivity contribution in [3.8, 4) is 12.3 Å². The van der Waals surface area contributed by atoms with Crippen LogP contribution in [-0.2, 0) is 4.74 Å². The number of ether oxygens (including phenoxy) is 1. The van der Waals surface area contributed by atoms with Crippen LogP contribution in [0.3, 0.4) is 0 Å². The van der Waals surface area contributed by atoms with Crippen LogP contribution in [0.2, 0.25) is 0 Å². The summed E-state index contributed by atoms with van der Waals surface area (Å²) >= 11 is 0. The summed E-state index contributed by atoms with van der Waals surface area (Å²) in [6, 6.07) is 0. The summed E-state index contributed by atoms with van der Waals surface area (Å²) in [5.74, 6) is 3.03. The fourth-order valence-electron chi connectivity index (χ4n) is 0.352. The maximum Gasteiger partial charge on any atom is 0.108 e. The fraction of sp³-hybridized carbons (Fsp3) is 0.750. The van der Waals surface area contributed by atoms with E-state index in [1.165, 1.54) is 0 Å². The molecule has 0 aromatic rings. The summed E-state index contributed by atoms with van der Waals surface area (Å²) in [7, 11) is 3.37. The first-order valence-electron chi connectivity index (χ1n) is 3.64. The van der Waals surface area contributed by atoms with Crippen molar-refractivity contribution < 1.29 is 4.74 Å². The highest BCUT2D eigenvalue weighted by molar-refractivity contribution is 8.77. The molecule has 0 saturated heterocycles. The van der Waals surface area contributed by atoms with Crippen molar-refractivity contribution >= 4 is 21.6 Å². The van der Waals surface area contributed by atoms with Crippen molar-refractivity contribution in [3.63, 3.8) is 0 Å². The molecule has 0 aromatic carbocycles. The molecule has 2 nitrogen and oxygen atoms in total. The Kier molecular flexibility index (Phi) is 6.77. The van der Waals surface area contributed by atoms with E-state index in [2.05, 4.69) is 19.8 Å². The van der Waals surface area contributed by atoms with Gasteiger partial charge in [-0.05, 0) is 13.8 Å². The van der Waals surface area contributed by atoms with E-state index in [4.69, 9.17) is 16.9 Å². The van der Waals surface area contributed by atoms with Gasteiger partial charge in [-0.15, -0.1) is 6.42 Å². The molecule has 0 fully saturated rings. The molecule has 0 spiro atoms. The Balaban J connectivity index is 3.26. The van der Waals surface area contributed by atoms with Crippen molar-refractivity contribution in [3.05, 3.63) is 0 Å². The minimum absolute atomic E-state index is 0.115. The van der Waals surface area contributed by atoms with Gasteiger partial charge in [0.25, 0.3) is 0 Å². The quantitative estimate of drug-likeness (QED) is 0.310. The van der Waals surface area contributed by atoms with Gasteiger partial charge in [0.05, 0.1) is 0 Å². The lowest BCUT2D eigenvalue weighted by molar-refractivity contribution is 0.223. The van der Waals surface area contributed by atoms with Gasteiger partial charge in [0.1, 0.15) is 12.5 Å². The zero-order valence-corrected chi connectivity index (χ0v) is 9.13. The largest absolute Gasteiger partial charge is 0.357 e. The van der Waals surface area contributed by atoms with E-state index in [9.17, 15) is 0 Å². The molecule has 2 N–H and O–H groups in total. The monoisotopic (exact) mass is 205 g/mol. The lowest BCUT2D eigenvalue weighted by Crippen LogP contribution is -2.25. The number of hydrogen-bond acceptors (Lipinski definition) is 4. The average Bonchev–Trinajstić information content (AvgIpc) is 2.04. The predicted molar refractivity (Wildman–Crippen MR) is 58.0 cm³/mol. The van der Waals surface area contributed by atoms with Gasteiger partial charge in [-0.25, -0.2) is 0 Å². The van der Waals surface area contributed by atoms with Crippen LogP contribution in [0.25, 0.3) is 0 Å². The average molecular weight is 205 g/mol. The van der Waals surface area contributed by atoms with Crippen molar-refractivity contribution in [1.29, 1.82) is 0 Å². The van der Waals surface area contributed by atoms with E-state index < -0.39 is 0 Å². The van der Waals surface area contributed by atoms with Crippen LogP contribution >= 0.6 is 21.6 Å². The van der Waals surface area contributed by atoms with Crippen LogP contribution in [0.1, 0.15) is 13.8 Å². The van der Waals surface area contributed by atoms with Gasteiger partial charge >= 0.3 is 0 Å². The van der Waals surface area contributed by atoms with Gasteiger partial charge < -0.3 is 10.5 Å². The van der Waals surface area contributed by atoms with Crippen molar-refractivity contribution in [2.45, 2.75) is 18.6 Å². The fourth-order valence-corrected chi connectivity index (χ4v) is 2.45. The van der Waals surface area contributed by atoms with Crippen molar-refractivity contribution in [2.75, 3.05) is 19.1 Å². The Hall–Kier alpha value is 0.180. The molecule has 0 bridgehead atoms. The van der Waals surface area contributed by atoms with Gasteiger partial charge in [0.15, 0.2) is 0 Å². The molecule has 0 amide bonds. The molecule has 0 radical (unpaired) electrons. The van der Waals surface area contributed by atoms with Crippen LogP contribution in [0.15, 0.2) is 0 Å². The molecule has 0 rings (SSSR count). The zero-order chi connectivity index (χ0) is 9.45. The first kappa shape index (κ1) is 12.2. The van der Waals surface area contributed by atoms with Crippen LogP contribution in [0, 0.1) is 12.3 Å². The van der Waals surface area contributed by atoms with Gasteiger partial charge in [0, 0.05) is 11.3 Å². The predicted octanol–water partition coefficient (Wildman–Crippen LogP) is 1.71. The molecule has 0 heterocycles. The second-order valence-electron chi connectivity index (χ2n) is 2.84. The highest BCUT2D eigenvalue weighted by Crippen LogP contribution is 2.34.